The maximum absolute atomic E-state index is 12.7. The highest BCUT2D eigenvalue weighted by molar-refractivity contribution is 7.89. The second kappa shape index (κ2) is 6.61. The highest BCUT2D eigenvalue weighted by Gasteiger charge is 2.40. The van der Waals surface area contributed by atoms with Crippen LogP contribution in [-0.4, -0.2) is 32.7 Å². The molecule has 0 saturated heterocycles. The summed E-state index contributed by atoms with van der Waals surface area (Å²) >= 11 is 0. The molecule has 0 atom stereocenters. The van der Waals surface area contributed by atoms with Crippen LogP contribution in [0.15, 0.2) is 59.5 Å². The summed E-state index contributed by atoms with van der Waals surface area (Å²) in [5, 5.41) is 3.14. The third-order valence-electron chi connectivity index (χ3n) is 4.78. The Hall–Kier alpha value is -2.18. The highest BCUT2D eigenvalue weighted by atomic mass is 32.2. The van der Waals surface area contributed by atoms with Crippen LogP contribution < -0.4 is 5.32 Å². The molecular weight excluding hydrogens is 336 g/mol. The van der Waals surface area contributed by atoms with E-state index in [9.17, 15) is 13.2 Å². The number of carbonyl (C=O) groups excluding carboxylic acids is 1. The SMILES string of the molecule is CN(C)S(=O)(=O)c1ccc(C(=O)NC2(c3ccccc3)CCC2)cc1. The van der Waals surface area contributed by atoms with Crippen molar-refractivity contribution in [3.8, 4) is 0 Å². The van der Waals surface area contributed by atoms with Gasteiger partial charge in [-0.15, -0.1) is 0 Å². The average molecular weight is 358 g/mol. The maximum Gasteiger partial charge on any atom is 0.251 e. The number of sulfonamides is 1. The minimum atomic E-state index is -3.49. The van der Waals surface area contributed by atoms with E-state index < -0.39 is 10.0 Å². The Morgan fingerprint density at radius 3 is 2.08 bits per heavy atom. The van der Waals surface area contributed by atoms with Gasteiger partial charge in [0, 0.05) is 19.7 Å². The molecule has 6 heteroatoms. The number of nitrogens with zero attached hydrogens (tertiary/aromatic N) is 1. The van der Waals surface area contributed by atoms with Gasteiger partial charge in [-0.05, 0) is 49.1 Å². The van der Waals surface area contributed by atoms with Crippen LogP contribution in [0.3, 0.4) is 0 Å². The number of hydrogen-bond acceptors (Lipinski definition) is 3. The zero-order valence-electron chi connectivity index (χ0n) is 14.4. The molecule has 0 unspecified atom stereocenters. The number of rotatable bonds is 5. The number of nitrogens with one attached hydrogen (secondary N) is 1. The van der Waals surface area contributed by atoms with Crippen molar-refractivity contribution in [2.45, 2.75) is 29.7 Å². The summed E-state index contributed by atoms with van der Waals surface area (Å²) in [5.74, 6) is -0.183. The van der Waals surface area contributed by atoms with Crippen LogP contribution in [-0.2, 0) is 15.6 Å². The van der Waals surface area contributed by atoms with Crippen molar-refractivity contribution in [3.63, 3.8) is 0 Å². The topological polar surface area (TPSA) is 66.5 Å². The second-order valence-corrected chi connectivity index (χ2v) is 8.72. The van der Waals surface area contributed by atoms with Gasteiger partial charge >= 0.3 is 0 Å². The van der Waals surface area contributed by atoms with E-state index in [0.29, 0.717) is 5.56 Å². The molecule has 1 fully saturated rings. The van der Waals surface area contributed by atoms with Gasteiger partial charge in [-0.2, -0.15) is 0 Å². The molecule has 0 heterocycles. The molecule has 1 aliphatic carbocycles. The van der Waals surface area contributed by atoms with Crippen molar-refractivity contribution in [2.75, 3.05) is 14.1 Å². The first-order valence-electron chi connectivity index (χ1n) is 8.26. The largest absolute Gasteiger partial charge is 0.343 e. The number of carbonyl (C=O) groups is 1. The lowest BCUT2D eigenvalue weighted by Gasteiger charge is -2.43. The van der Waals surface area contributed by atoms with Gasteiger partial charge in [0.25, 0.3) is 5.91 Å². The molecule has 2 aromatic carbocycles. The molecule has 3 rings (SSSR count). The first-order valence-corrected chi connectivity index (χ1v) is 9.70. The van der Waals surface area contributed by atoms with E-state index in [1.165, 1.54) is 26.2 Å². The van der Waals surface area contributed by atoms with E-state index in [1.807, 2.05) is 30.3 Å². The third-order valence-corrected chi connectivity index (χ3v) is 6.61. The Morgan fingerprint density at radius 2 is 1.60 bits per heavy atom. The Balaban J connectivity index is 1.80. The Bertz CT molecular complexity index is 855. The normalized spacial score (nSPS) is 16.3. The monoisotopic (exact) mass is 358 g/mol. The quantitative estimate of drug-likeness (QED) is 0.894. The fourth-order valence-corrected chi connectivity index (χ4v) is 3.95. The molecule has 0 aliphatic heterocycles. The molecule has 132 valence electrons. The summed E-state index contributed by atoms with van der Waals surface area (Å²) < 4.78 is 25.4. The lowest BCUT2D eigenvalue weighted by atomic mass is 9.71. The van der Waals surface area contributed by atoms with E-state index in [0.717, 1.165) is 29.1 Å². The van der Waals surface area contributed by atoms with Gasteiger partial charge in [-0.25, -0.2) is 12.7 Å². The summed E-state index contributed by atoms with van der Waals surface area (Å²) in [5.41, 5.74) is 1.26. The van der Waals surface area contributed by atoms with Crippen molar-refractivity contribution in [2.24, 2.45) is 0 Å². The molecule has 0 radical (unpaired) electrons. The van der Waals surface area contributed by atoms with Crippen molar-refractivity contribution in [1.82, 2.24) is 9.62 Å². The summed E-state index contributed by atoms with van der Waals surface area (Å²) in [6.07, 6.45) is 2.90. The van der Waals surface area contributed by atoms with Crippen LogP contribution in [0.1, 0.15) is 35.2 Å². The second-order valence-electron chi connectivity index (χ2n) is 6.57. The van der Waals surface area contributed by atoms with Crippen molar-refractivity contribution in [1.29, 1.82) is 0 Å². The van der Waals surface area contributed by atoms with Crippen LogP contribution in [0, 0.1) is 0 Å². The minimum Gasteiger partial charge on any atom is -0.343 e. The standard InChI is InChI=1S/C19H22N2O3S/c1-21(2)25(23,24)17-11-9-15(10-12-17)18(22)20-19(13-6-14-19)16-7-4-3-5-8-16/h3-5,7-12H,6,13-14H2,1-2H3,(H,20,22). The van der Waals surface area contributed by atoms with Crippen LogP contribution >= 0.6 is 0 Å². The van der Waals surface area contributed by atoms with Crippen LogP contribution in [0.2, 0.25) is 0 Å². The van der Waals surface area contributed by atoms with Gasteiger partial charge in [0.05, 0.1) is 10.4 Å². The molecular formula is C19H22N2O3S. The Kier molecular flexibility index (Phi) is 4.67. The van der Waals surface area contributed by atoms with Crippen molar-refractivity contribution < 1.29 is 13.2 Å². The van der Waals surface area contributed by atoms with Gasteiger partial charge in [-0.3, -0.25) is 4.79 Å². The van der Waals surface area contributed by atoms with Crippen LogP contribution in [0.4, 0.5) is 0 Å². The molecule has 0 aromatic heterocycles. The van der Waals surface area contributed by atoms with E-state index in [-0.39, 0.29) is 16.3 Å². The molecule has 2 aromatic rings. The van der Waals surface area contributed by atoms with Gasteiger partial charge in [0.1, 0.15) is 0 Å². The smallest absolute Gasteiger partial charge is 0.251 e. The fraction of sp³-hybridized carbons (Fsp3) is 0.316. The van der Waals surface area contributed by atoms with Crippen molar-refractivity contribution in [3.05, 3.63) is 65.7 Å². The summed E-state index contributed by atoms with van der Waals surface area (Å²) in [4.78, 5) is 12.8. The summed E-state index contributed by atoms with van der Waals surface area (Å²) in [6.45, 7) is 0. The molecule has 1 saturated carbocycles. The van der Waals surface area contributed by atoms with Crippen molar-refractivity contribution >= 4 is 15.9 Å². The van der Waals surface area contributed by atoms with Gasteiger partial charge in [0.2, 0.25) is 10.0 Å². The predicted octanol–water partition coefficient (Wildman–Crippen LogP) is 2.75. The molecule has 0 bridgehead atoms. The summed E-state index contributed by atoms with van der Waals surface area (Å²) in [7, 11) is -0.525. The number of amides is 1. The molecule has 1 aliphatic rings. The first-order chi connectivity index (χ1) is 11.8. The van der Waals surface area contributed by atoms with Gasteiger partial charge < -0.3 is 5.32 Å². The van der Waals surface area contributed by atoms with E-state index in [2.05, 4.69) is 5.32 Å². The predicted molar refractivity (Wildman–Crippen MR) is 96.8 cm³/mol. The lowest BCUT2D eigenvalue weighted by molar-refractivity contribution is 0.0823. The van der Waals surface area contributed by atoms with Gasteiger partial charge in [-0.1, -0.05) is 30.3 Å². The zero-order valence-corrected chi connectivity index (χ0v) is 15.2. The van der Waals surface area contributed by atoms with E-state index in [1.54, 1.807) is 12.1 Å². The Morgan fingerprint density at radius 1 is 1.00 bits per heavy atom. The lowest BCUT2D eigenvalue weighted by Crippen LogP contribution is -2.50. The molecule has 5 nitrogen and oxygen atoms in total. The number of hydrogen-bond donors (Lipinski definition) is 1. The summed E-state index contributed by atoms with van der Waals surface area (Å²) in [6, 6.07) is 16.0. The van der Waals surface area contributed by atoms with E-state index in [4.69, 9.17) is 0 Å². The number of benzene rings is 2. The van der Waals surface area contributed by atoms with Crippen LogP contribution in [0.25, 0.3) is 0 Å². The first kappa shape index (κ1) is 17.6. The molecule has 1 amide bonds. The average Bonchev–Trinajstić information content (AvgIpc) is 2.58. The highest BCUT2D eigenvalue weighted by Crippen LogP contribution is 2.41. The fourth-order valence-electron chi connectivity index (χ4n) is 3.05. The third kappa shape index (κ3) is 3.32. The molecule has 0 spiro atoms. The Labute approximate surface area is 148 Å². The zero-order chi connectivity index (χ0) is 18.1. The molecule has 1 N–H and O–H groups in total. The van der Waals surface area contributed by atoms with E-state index >= 15 is 0 Å². The minimum absolute atomic E-state index is 0.176. The van der Waals surface area contributed by atoms with Crippen LogP contribution in [0.5, 0.6) is 0 Å². The molecule has 25 heavy (non-hydrogen) atoms. The maximum atomic E-state index is 12.7. The van der Waals surface area contributed by atoms with Gasteiger partial charge in [0.15, 0.2) is 0 Å².